The normalized spacial score (nSPS) is 28.5. The molecule has 18 nitrogen and oxygen atoms in total. The Morgan fingerprint density at radius 1 is 0.583 bits per heavy atom. The summed E-state index contributed by atoms with van der Waals surface area (Å²) in [5.74, 6) is -7.54. The second-order valence-corrected chi connectivity index (χ2v) is 16.3. The Balaban J connectivity index is 2.11. The second kappa shape index (κ2) is 23.0. The number of carbonyl (C=O) groups excluding carboxylic acids is 8. The van der Waals surface area contributed by atoms with Gasteiger partial charge in [-0.1, -0.05) is 91.1 Å². The third kappa shape index (κ3) is 13.2. The highest BCUT2D eigenvalue weighted by Crippen LogP contribution is 2.21. The van der Waals surface area contributed by atoms with E-state index < -0.39 is 126 Å². The number of nitrogens with zero attached hydrogens (tertiary/aromatic N) is 1. The molecule has 3 rings (SSSR count). The first kappa shape index (κ1) is 49.3. The Kier molecular flexibility index (Phi) is 18.9. The van der Waals surface area contributed by atoms with Crippen molar-refractivity contribution < 1.29 is 48.6 Å². The minimum absolute atomic E-state index is 0.0344. The number of benzene rings is 1. The molecule has 60 heavy (non-hydrogen) atoms. The van der Waals surface area contributed by atoms with Crippen LogP contribution in [-0.2, 0) is 44.8 Å². The molecule has 8 amide bonds. The van der Waals surface area contributed by atoms with Crippen molar-refractivity contribution in [3.63, 3.8) is 0 Å². The SMILES string of the molecule is CCC(C)C1NC(=O)CNC(=O)C2CCCN2C(=O)C(C(C)O)NC(=O)C(C(C)CC)NC(=O)C(C(C)CC)NC(=O)C(C(C)O)NC(=O)C(Cc2ccccc2)NC1=O. The molecular weight excluding hydrogens is 777 g/mol. The van der Waals surface area contributed by atoms with Crippen molar-refractivity contribution in [2.45, 2.75) is 148 Å². The average Bonchev–Trinajstić information content (AvgIpc) is 3.72. The lowest BCUT2D eigenvalue weighted by atomic mass is 9.94. The molecule has 0 aliphatic carbocycles. The number of aliphatic hydroxyl groups is 2. The van der Waals surface area contributed by atoms with Crippen LogP contribution in [0.3, 0.4) is 0 Å². The molecule has 334 valence electrons. The third-order valence-electron chi connectivity index (χ3n) is 11.7. The number of amides is 8. The maximum atomic E-state index is 14.1. The summed E-state index contributed by atoms with van der Waals surface area (Å²) in [6.07, 6.45) is -1.02. The van der Waals surface area contributed by atoms with Crippen LogP contribution in [0.2, 0.25) is 0 Å². The number of carbonyl (C=O) groups is 8. The maximum absolute atomic E-state index is 14.1. The standard InChI is InChI=1S/C42H66N8O10/c1-9-22(4)31-38(56)44-28(20-27-16-13-12-14-17-27)36(54)48-34(25(7)51)41(59)47-32(23(5)10-2)39(57)46-33(24(6)11-3)40(58)49-35(26(8)52)42(60)50-19-15-18-29(50)37(55)43-21-30(53)45-31/h12-14,16-17,22-26,28-29,31-35,51-52H,9-11,15,18-21H2,1-8H3,(H,43,55)(H,44,56)(H,45,53)(H,46,57)(H,47,59)(H,48,54)(H,49,58). The summed E-state index contributed by atoms with van der Waals surface area (Å²) in [6.45, 7) is 12.7. The van der Waals surface area contributed by atoms with Crippen molar-refractivity contribution in [1.29, 1.82) is 0 Å². The summed E-state index contributed by atoms with van der Waals surface area (Å²) in [7, 11) is 0. The van der Waals surface area contributed by atoms with Crippen LogP contribution in [0.1, 0.15) is 93.1 Å². The van der Waals surface area contributed by atoms with Crippen molar-refractivity contribution in [1.82, 2.24) is 42.1 Å². The van der Waals surface area contributed by atoms with Crippen LogP contribution in [0.4, 0.5) is 0 Å². The molecule has 1 aromatic carbocycles. The van der Waals surface area contributed by atoms with E-state index in [9.17, 15) is 48.6 Å². The van der Waals surface area contributed by atoms with Gasteiger partial charge in [-0.3, -0.25) is 38.4 Å². The molecule has 2 heterocycles. The van der Waals surface area contributed by atoms with Crippen LogP contribution in [-0.4, -0.2) is 130 Å². The molecule has 1 aromatic rings. The first-order valence-corrected chi connectivity index (χ1v) is 21.1. The Morgan fingerprint density at radius 3 is 1.53 bits per heavy atom. The van der Waals surface area contributed by atoms with Crippen LogP contribution in [0, 0.1) is 17.8 Å². The number of nitrogens with one attached hydrogen (secondary N) is 7. The highest BCUT2D eigenvalue weighted by atomic mass is 16.3. The topological polar surface area (TPSA) is 264 Å². The average molecular weight is 843 g/mol. The molecule has 2 aliphatic rings. The van der Waals surface area contributed by atoms with E-state index in [0.717, 1.165) is 0 Å². The summed E-state index contributed by atoms with van der Waals surface area (Å²) in [6, 6.07) is -0.355. The summed E-state index contributed by atoms with van der Waals surface area (Å²) >= 11 is 0. The number of hydrogen-bond acceptors (Lipinski definition) is 10. The van der Waals surface area contributed by atoms with Gasteiger partial charge in [0.25, 0.3) is 0 Å². The Labute approximate surface area is 352 Å². The predicted octanol–water partition coefficient (Wildman–Crippen LogP) is -0.841. The van der Waals surface area contributed by atoms with Gasteiger partial charge >= 0.3 is 0 Å². The van der Waals surface area contributed by atoms with E-state index in [4.69, 9.17) is 0 Å². The second-order valence-electron chi connectivity index (χ2n) is 16.3. The van der Waals surface area contributed by atoms with Crippen molar-refractivity contribution in [3.8, 4) is 0 Å². The van der Waals surface area contributed by atoms with Crippen molar-refractivity contribution in [3.05, 3.63) is 35.9 Å². The zero-order valence-corrected chi connectivity index (χ0v) is 36.1. The van der Waals surface area contributed by atoms with Gasteiger partial charge in [-0.2, -0.15) is 0 Å². The van der Waals surface area contributed by atoms with Gasteiger partial charge in [-0.05, 0) is 50.0 Å². The summed E-state index contributed by atoms with van der Waals surface area (Å²) < 4.78 is 0. The molecule has 12 unspecified atom stereocenters. The van der Waals surface area contributed by atoms with E-state index in [2.05, 4.69) is 37.2 Å². The predicted molar refractivity (Wildman–Crippen MR) is 221 cm³/mol. The van der Waals surface area contributed by atoms with E-state index >= 15 is 0 Å². The first-order valence-electron chi connectivity index (χ1n) is 21.1. The molecule has 12 atom stereocenters. The first-order chi connectivity index (χ1) is 28.3. The van der Waals surface area contributed by atoms with Gasteiger partial charge in [0, 0.05) is 13.0 Å². The molecule has 9 N–H and O–H groups in total. The highest BCUT2D eigenvalue weighted by molar-refractivity contribution is 5.99. The van der Waals surface area contributed by atoms with Gasteiger partial charge in [0.05, 0.1) is 18.8 Å². The molecule has 2 saturated heterocycles. The van der Waals surface area contributed by atoms with Crippen LogP contribution in [0.5, 0.6) is 0 Å². The maximum Gasteiger partial charge on any atom is 0.248 e. The lowest BCUT2D eigenvalue weighted by Gasteiger charge is -2.33. The van der Waals surface area contributed by atoms with E-state index in [1.807, 2.05) is 6.92 Å². The molecule has 18 heteroatoms. The van der Waals surface area contributed by atoms with E-state index in [1.165, 1.54) is 18.7 Å². The number of fused-ring (bicyclic) bond motifs is 1. The molecule has 2 aliphatic heterocycles. The summed E-state index contributed by atoms with van der Waals surface area (Å²) in [5, 5.41) is 40.0. The van der Waals surface area contributed by atoms with E-state index in [-0.39, 0.29) is 19.4 Å². The molecular formula is C42H66N8O10. The van der Waals surface area contributed by atoms with Gasteiger partial charge < -0.3 is 52.3 Å². The quantitative estimate of drug-likeness (QED) is 0.141. The fraction of sp³-hybridized carbons (Fsp3) is 0.667. The van der Waals surface area contributed by atoms with E-state index in [1.54, 1.807) is 65.0 Å². The van der Waals surface area contributed by atoms with Crippen LogP contribution in [0.15, 0.2) is 30.3 Å². The lowest BCUT2D eigenvalue weighted by molar-refractivity contribution is -0.144. The minimum Gasteiger partial charge on any atom is -0.391 e. The largest absolute Gasteiger partial charge is 0.391 e. The lowest BCUT2D eigenvalue weighted by Crippen LogP contribution is -2.64. The third-order valence-corrected chi connectivity index (χ3v) is 11.7. The Morgan fingerprint density at radius 2 is 1.03 bits per heavy atom. The molecule has 0 saturated carbocycles. The summed E-state index contributed by atoms with van der Waals surface area (Å²) in [4.78, 5) is 112. The van der Waals surface area contributed by atoms with Crippen molar-refractivity contribution >= 4 is 47.3 Å². The monoisotopic (exact) mass is 842 g/mol. The van der Waals surface area contributed by atoms with Gasteiger partial charge in [0.1, 0.15) is 42.3 Å². The van der Waals surface area contributed by atoms with E-state index in [0.29, 0.717) is 31.2 Å². The molecule has 0 spiro atoms. The van der Waals surface area contributed by atoms with Crippen molar-refractivity contribution in [2.24, 2.45) is 17.8 Å². The van der Waals surface area contributed by atoms with Gasteiger partial charge in [-0.25, -0.2) is 0 Å². The fourth-order valence-electron chi connectivity index (χ4n) is 7.19. The van der Waals surface area contributed by atoms with Crippen LogP contribution in [0.25, 0.3) is 0 Å². The molecule has 0 aromatic heterocycles. The zero-order valence-electron chi connectivity index (χ0n) is 36.1. The van der Waals surface area contributed by atoms with Gasteiger partial charge in [-0.15, -0.1) is 0 Å². The summed E-state index contributed by atoms with van der Waals surface area (Å²) in [5.41, 5.74) is 0.656. The zero-order chi connectivity index (χ0) is 44.8. The minimum atomic E-state index is -1.60. The Bertz CT molecular complexity index is 1680. The van der Waals surface area contributed by atoms with Gasteiger partial charge in [0.15, 0.2) is 0 Å². The fourth-order valence-corrected chi connectivity index (χ4v) is 7.19. The smallest absolute Gasteiger partial charge is 0.248 e. The van der Waals surface area contributed by atoms with Crippen LogP contribution < -0.4 is 37.2 Å². The number of aliphatic hydroxyl groups excluding tert-OH is 2. The van der Waals surface area contributed by atoms with Crippen molar-refractivity contribution in [2.75, 3.05) is 13.1 Å². The number of hydrogen-bond donors (Lipinski definition) is 9. The molecule has 2 fully saturated rings. The number of rotatable bonds is 10. The molecule has 0 radical (unpaired) electrons. The highest BCUT2D eigenvalue weighted by Gasteiger charge is 2.42. The molecule has 0 bridgehead atoms. The van der Waals surface area contributed by atoms with Crippen LogP contribution >= 0.6 is 0 Å². The van der Waals surface area contributed by atoms with Gasteiger partial charge in [0.2, 0.25) is 47.3 Å². The Hall–Kier alpha value is -5.10.